The van der Waals surface area contributed by atoms with Crippen LogP contribution in [0.3, 0.4) is 0 Å². The second kappa shape index (κ2) is 10.8. The van der Waals surface area contributed by atoms with Crippen LogP contribution in [0.25, 0.3) is 0 Å². The second-order valence-electron chi connectivity index (χ2n) is 6.68. The van der Waals surface area contributed by atoms with Crippen molar-refractivity contribution in [2.45, 2.75) is 30.3 Å². The number of fused-ring (bicyclic) bond motifs is 1. The molecule has 2 atom stereocenters. The smallest absolute Gasteiger partial charge is 0.254 e. The van der Waals surface area contributed by atoms with Gasteiger partial charge in [-0.2, -0.15) is 0 Å². The molecule has 1 fully saturated rings. The number of piperidine rings is 1. The number of nitrogens with one attached hydrogen (secondary N) is 1. The lowest BCUT2D eigenvalue weighted by atomic mass is 10.1. The number of rotatable bonds is 10. The van der Waals surface area contributed by atoms with Crippen LogP contribution in [-0.2, 0) is 26.8 Å². The molecule has 0 spiro atoms. The molecule has 1 aromatic rings. The van der Waals surface area contributed by atoms with Gasteiger partial charge in [-0.1, -0.05) is 28.7 Å². The Balaban J connectivity index is 1.56. The Bertz CT molecular complexity index is 667. The van der Waals surface area contributed by atoms with Gasteiger partial charge in [0.1, 0.15) is 0 Å². The van der Waals surface area contributed by atoms with E-state index in [1.807, 2.05) is 23.1 Å². The van der Waals surface area contributed by atoms with Crippen LogP contribution >= 0.6 is 22.6 Å². The first-order valence-corrected chi connectivity index (χ1v) is 12.3. The molecule has 0 radical (unpaired) electrons. The highest BCUT2D eigenvalue weighted by molar-refractivity contribution is 14.1. The van der Waals surface area contributed by atoms with Crippen LogP contribution in [0.1, 0.15) is 28.8 Å². The molecule has 1 saturated heterocycles. The van der Waals surface area contributed by atoms with E-state index in [2.05, 4.69) is 27.9 Å². The molecule has 150 valence electrons. The van der Waals surface area contributed by atoms with Crippen LogP contribution in [0.2, 0.25) is 0 Å². The van der Waals surface area contributed by atoms with Gasteiger partial charge in [0.2, 0.25) is 0 Å². The minimum atomic E-state index is -1.17. The lowest BCUT2D eigenvalue weighted by Crippen LogP contribution is -2.46. The van der Waals surface area contributed by atoms with E-state index in [0.29, 0.717) is 37.7 Å². The first kappa shape index (κ1) is 21.2. The van der Waals surface area contributed by atoms with Crippen molar-refractivity contribution in [2.24, 2.45) is 0 Å². The molecule has 1 N–H and O–H groups in total. The summed E-state index contributed by atoms with van der Waals surface area (Å²) in [6.07, 6.45) is 2.11. The summed E-state index contributed by atoms with van der Waals surface area (Å²) in [6.45, 7) is 4.65. The molecule has 2 heterocycles. The molecule has 2 unspecified atom stereocenters. The molecule has 8 heteroatoms. The zero-order valence-corrected chi connectivity index (χ0v) is 18.4. The van der Waals surface area contributed by atoms with Gasteiger partial charge in [-0.05, 0) is 31.5 Å². The molecular weight excluding hydrogens is 479 g/mol. The molecule has 3 rings (SSSR count). The summed E-state index contributed by atoms with van der Waals surface area (Å²) in [4.78, 5) is 15.5. The molecule has 0 aliphatic carbocycles. The molecule has 0 aromatic heterocycles. The summed E-state index contributed by atoms with van der Waals surface area (Å²) in [5, 5.41) is 3.37. The second-order valence-corrected chi connectivity index (χ2v) is 9.30. The van der Waals surface area contributed by atoms with E-state index in [9.17, 15) is 9.00 Å². The molecule has 1 aromatic carbocycles. The third-order valence-corrected chi connectivity index (χ3v) is 6.77. The summed E-state index contributed by atoms with van der Waals surface area (Å²) >= 11 is 2.27. The number of benzene rings is 1. The van der Waals surface area contributed by atoms with E-state index in [-0.39, 0.29) is 11.9 Å². The van der Waals surface area contributed by atoms with Gasteiger partial charge >= 0.3 is 0 Å². The van der Waals surface area contributed by atoms with E-state index >= 15 is 0 Å². The van der Waals surface area contributed by atoms with Crippen molar-refractivity contribution in [2.75, 3.05) is 49.7 Å². The maximum Gasteiger partial charge on any atom is 0.254 e. The van der Waals surface area contributed by atoms with E-state index in [0.717, 1.165) is 47.4 Å². The number of nitrogens with zero attached hydrogens (tertiary/aromatic N) is 1. The average Bonchev–Trinajstić information content (AvgIpc) is 3.04. The summed E-state index contributed by atoms with van der Waals surface area (Å²) < 4.78 is 24.6. The summed E-state index contributed by atoms with van der Waals surface area (Å²) in [5.41, 5.74) is 1.64. The highest BCUT2D eigenvalue weighted by Gasteiger charge is 2.35. The average molecular weight is 506 g/mol. The SMILES string of the molecule is O=C1c2cccc(S(=O)CCOCCOCCI)c2CN1C1CCCNC1. The van der Waals surface area contributed by atoms with Crippen molar-refractivity contribution < 1.29 is 18.5 Å². The van der Waals surface area contributed by atoms with Crippen LogP contribution in [0.15, 0.2) is 23.1 Å². The number of amides is 1. The fourth-order valence-electron chi connectivity index (χ4n) is 3.55. The third-order valence-electron chi connectivity index (χ3n) is 4.92. The normalized spacial score (nSPS) is 20.7. The molecule has 2 aliphatic heterocycles. The lowest BCUT2D eigenvalue weighted by Gasteiger charge is -2.31. The predicted octanol–water partition coefficient (Wildman–Crippen LogP) is 1.97. The van der Waals surface area contributed by atoms with Crippen molar-refractivity contribution in [1.29, 1.82) is 0 Å². The van der Waals surface area contributed by atoms with Gasteiger partial charge in [0.25, 0.3) is 5.91 Å². The fraction of sp³-hybridized carbons (Fsp3) is 0.632. The Labute approximate surface area is 176 Å². The number of ether oxygens (including phenoxy) is 2. The van der Waals surface area contributed by atoms with Crippen LogP contribution < -0.4 is 5.32 Å². The van der Waals surface area contributed by atoms with Gasteiger partial charge in [0.15, 0.2) is 0 Å². The third kappa shape index (κ3) is 5.50. The Morgan fingerprint density at radius 1 is 1.22 bits per heavy atom. The van der Waals surface area contributed by atoms with Gasteiger partial charge in [-0.15, -0.1) is 0 Å². The van der Waals surface area contributed by atoms with Gasteiger partial charge in [-0.25, -0.2) is 0 Å². The summed E-state index contributed by atoms with van der Waals surface area (Å²) in [6, 6.07) is 5.81. The number of hydrogen-bond acceptors (Lipinski definition) is 5. The van der Waals surface area contributed by atoms with Crippen LogP contribution in [-0.4, -0.2) is 70.8 Å². The standard InChI is InChI=1S/C19H27IN2O4S/c20-6-8-25-9-10-26-11-12-27(24)18-5-1-4-16-17(18)14-22(19(16)23)15-3-2-7-21-13-15/h1,4-5,15,21H,2-3,6-14H2. The van der Waals surface area contributed by atoms with E-state index in [4.69, 9.17) is 9.47 Å². The highest BCUT2D eigenvalue weighted by atomic mass is 127. The van der Waals surface area contributed by atoms with Crippen LogP contribution in [0, 0.1) is 0 Å². The first-order valence-electron chi connectivity index (χ1n) is 9.45. The molecule has 2 aliphatic rings. The molecule has 0 bridgehead atoms. The Hall–Kier alpha value is -0.550. The van der Waals surface area contributed by atoms with Crippen LogP contribution in [0.4, 0.5) is 0 Å². The number of hydrogen-bond donors (Lipinski definition) is 1. The number of halogens is 1. The predicted molar refractivity (Wildman–Crippen MR) is 114 cm³/mol. The molecule has 1 amide bonds. The molecule has 0 saturated carbocycles. The largest absolute Gasteiger partial charge is 0.378 e. The molecule has 6 nitrogen and oxygen atoms in total. The van der Waals surface area contributed by atoms with Crippen molar-refractivity contribution in [3.05, 3.63) is 29.3 Å². The zero-order valence-electron chi connectivity index (χ0n) is 15.5. The fourth-order valence-corrected chi connectivity index (χ4v) is 5.03. The summed E-state index contributed by atoms with van der Waals surface area (Å²) in [5.74, 6) is 0.503. The van der Waals surface area contributed by atoms with Crippen molar-refractivity contribution in [3.8, 4) is 0 Å². The first-order chi connectivity index (χ1) is 13.2. The van der Waals surface area contributed by atoms with Crippen molar-refractivity contribution >= 4 is 39.3 Å². The van der Waals surface area contributed by atoms with Gasteiger partial charge in [0, 0.05) is 39.6 Å². The number of alkyl halides is 1. The minimum Gasteiger partial charge on any atom is -0.378 e. The minimum absolute atomic E-state index is 0.0706. The van der Waals surface area contributed by atoms with E-state index < -0.39 is 10.8 Å². The van der Waals surface area contributed by atoms with Gasteiger partial charge < -0.3 is 19.7 Å². The van der Waals surface area contributed by atoms with Crippen molar-refractivity contribution in [1.82, 2.24) is 10.2 Å². The highest BCUT2D eigenvalue weighted by Crippen LogP contribution is 2.30. The van der Waals surface area contributed by atoms with Gasteiger partial charge in [-0.3, -0.25) is 9.00 Å². The maximum atomic E-state index is 12.8. The summed E-state index contributed by atoms with van der Waals surface area (Å²) in [7, 11) is -1.17. The number of carbonyl (C=O) groups is 1. The Kier molecular flexibility index (Phi) is 8.50. The quantitative estimate of drug-likeness (QED) is 0.299. The topological polar surface area (TPSA) is 67.9 Å². The maximum absolute atomic E-state index is 12.8. The monoisotopic (exact) mass is 506 g/mol. The van der Waals surface area contributed by atoms with Crippen LogP contribution in [0.5, 0.6) is 0 Å². The van der Waals surface area contributed by atoms with E-state index in [1.54, 1.807) is 0 Å². The lowest BCUT2D eigenvalue weighted by molar-refractivity contribution is 0.0609. The van der Waals surface area contributed by atoms with Gasteiger partial charge in [0.05, 0.1) is 43.0 Å². The van der Waals surface area contributed by atoms with Crippen molar-refractivity contribution in [3.63, 3.8) is 0 Å². The molecular formula is C19H27IN2O4S. The molecule has 27 heavy (non-hydrogen) atoms. The number of carbonyl (C=O) groups excluding carboxylic acids is 1. The Morgan fingerprint density at radius 3 is 2.78 bits per heavy atom. The Morgan fingerprint density at radius 2 is 2.04 bits per heavy atom. The zero-order chi connectivity index (χ0) is 19.1. The van der Waals surface area contributed by atoms with E-state index in [1.165, 1.54) is 0 Å².